The molecule has 1 atom stereocenters. The van der Waals surface area contributed by atoms with Crippen molar-refractivity contribution in [2.45, 2.75) is 32.6 Å². The van der Waals surface area contributed by atoms with Crippen molar-refractivity contribution in [2.24, 2.45) is 0 Å². The molecule has 1 heterocycles. The molecule has 0 amide bonds. The van der Waals surface area contributed by atoms with Gasteiger partial charge in [-0.15, -0.1) is 0 Å². The average Bonchev–Trinajstić information content (AvgIpc) is 2.84. The predicted molar refractivity (Wildman–Crippen MR) is 131 cm³/mol. The minimum atomic E-state index is -0.738. The maximum absolute atomic E-state index is 13.2. The second-order valence-corrected chi connectivity index (χ2v) is 8.32. The number of carbonyl (C=O) groups excluding carboxylic acids is 2. The molecule has 0 aliphatic carbocycles. The molecule has 8 heteroatoms. The van der Waals surface area contributed by atoms with Crippen molar-refractivity contribution in [3.8, 4) is 11.8 Å². The third kappa shape index (κ3) is 6.87. The Hall–Kier alpha value is -3.76. The van der Waals surface area contributed by atoms with Gasteiger partial charge in [-0.25, -0.2) is 9.59 Å². The van der Waals surface area contributed by atoms with Crippen molar-refractivity contribution < 1.29 is 23.8 Å². The van der Waals surface area contributed by atoms with Gasteiger partial charge in [-0.3, -0.25) is 0 Å². The zero-order valence-corrected chi connectivity index (χ0v) is 20.4. The van der Waals surface area contributed by atoms with Gasteiger partial charge in [0.15, 0.2) is 0 Å². The van der Waals surface area contributed by atoms with Crippen molar-refractivity contribution in [3.63, 3.8) is 0 Å². The largest absolute Gasteiger partial charge is 0.493 e. The molecule has 0 spiro atoms. The molecule has 1 aliphatic rings. The lowest BCUT2D eigenvalue weighted by Gasteiger charge is -2.30. The third-order valence-electron chi connectivity index (χ3n) is 5.36. The van der Waals surface area contributed by atoms with Gasteiger partial charge < -0.3 is 19.5 Å². The Kier molecular flexibility index (Phi) is 9.33. The molecule has 2 aromatic carbocycles. The van der Waals surface area contributed by atoms with Crippen molar-refractivity contribution in [1.29, 1.82) is 5.26 Å². The predicted octanol–water partition coefficient (Wildman–Crippen LogP) is 5.04. The fraction of sp³-hybridized carbons (Fsp3) is 0.296. The van der Waals surface area contributed by atoms with Crippen LogP contribution in [-0.4, -0.2) is 31.8 Å². The van der Waals surface area contributed by atoms with Gasteiger partial charge >= 0.3 is 11.9 Å². The molecule has 0 fully saturated rings. The number of esters is 2. The first kappa shape index (κ1) is 25.9. The number of dihydropyridines is 1. The number of benzene rings is 2. The molecule has 0 aromatic heterocycles. The summed E-state index contributed by atoms with van der Waals surface area (Å²) in [6.45, 7) is 3.99. The highest BCUT2D eigenvalue weighted by Gasteiger charge is 2.38. The first-order valence-electron chi connectivity index (χ1n) is 11.3. The number of para-hydroxylation sites is 1. The molecule has 2 aromatic rings. The van der Waals surface area contributed by atoms with Crippen LogP contribution < -0.4 is 10.1 Å². The van der Waals surface area contributed by atoms with Crippen LogP contribution in [0, 0.1) is 11.3 Å². The third-order valence-corrected chi connectivity index (χ3v) is 5.60. The second-order valence-electron chi connectivity index (χ2n) is 7.89. The molecule has 1 unspecified atom stereocenters. The van der Waals surface area contributed by atoms with E-state index in [9.17, 15) is 9.59 Å². The van der Waals surface area contributed by atoms with Gasteiger partial charge in [-0.1, -0.05) is 41.9 Å². The number of allylic oxidation sites excluding steroid dienone is 2. The van der Waals surface area contributed by atoms with E-state index in [4.69, 9.17) is 31.1 Å². The highest BCUT2D eigenvalue weighted by Crippen LogP contribution is 2.39. The van der Waals surface area contributed by atoms with Crippen molar-refractivity contribution in [1.82, 2.24) is 5.32 Å². The first-order chi connectivity index (χ1) is 16.9. The van der Waals surface area contributed by atoms with E-state index < -0.39 is 17.9 Å². The van der Waals surface area contributed by atoms with Gasteiger partial charge in [0.1, 0.15) is 12.4 Å². The number of halogens is 1. The quantitative estimate of drug-likeness (QED) is 0.365. The van der Waals surface area contributed by atoms with Crippen LogP contribution in [0.3, 0.4) is 0 Å². The normalized spacial score (nSPS) is 15.2. The van der Waals surface area contributed by atoms with E-state index in [1.165, 1.54) is 0 Å². The van der Waals surface area contributed by atoms with Crippen molar-refractivity contribution >= 4 is 23.5 Å². The van der Waals surface area contributed by atoms with Gasteiger partial charge in [0.2, 0.25) is 0 Å². The van der Waals surface area contributed by atoms with E-state index >= 15 is 0 Å². The first-order valence-corrected chi connectivity index (χ1v) is 11.6. The Morgan fingerprint density at radius 1 is 0.943 bits per heavy atom. The SMILES string of the molecule is CC1=C(C(=O)OCCC#N)C(c2cccc(Cl)c2)C(C(=O)OCCCOc2ccccc2)=C(C)N1. The van der Waals surface area contributed by atoms with E-state index in [2.05, 4.69) is 5.32 Å². The van der Waals surface area contributed by atoms with Gasteiger partial charge in [0, 0.05) is 22.8 Å². The molecule has 0 saturated carbocycles. The maximum Gasteiger partial charge on any atom is 0.336 e. The number of nitrogens with one attached hydrogen (secondary N) is 1. The summed E-state index contributed by atoms with van der Waals surface area (Å²) in [5.74, 6) is -1.15. The van der Waals surface area contributed by atoms with E-state index in [0.29, 0.717) is 40.6 Å². The fourth-order valence-corrected chi connectivity index (χ4v) is 4.03. The van der Waals surface area contributed by atoms with Gasteiger partial charge in [-0.2, -0.15) is 5.26 Å². The molecule has 3 rings (SSSR count). The Morgan fingerprint density at radius 2 is 1.60 bits per heavy atom. The number of hydrogen-bond donors (Lipinski definition) is 1. The molecular weight excluding hydrogens is 468 g/mol. The molecule has 0 saturated heterocycles. The molecule has 0 radical (unpaired) electrons. The average molecular weight is 495 g/mol. The zero-order chi connectivity index (χ0) is 25.2. The zero-order valence-electron chi connectivity index (χ0n) is 19.7. The molecule has 35 heavy (non-hydrogen) atoms. The second kappa shape index (κ2) is 12.6. The van der Waals surface area contributed by atoms with Crippen LogP contribution in [0.1, 0.15) is 38.2 Å². The fourth-order valence-electron chi connectivity index (χ4n) is 3.83. The van der Waals surface area contributed by atoms with Gasteiger partial charge in [0.25, 0.3) is 0 Å². The van der Waals surface area contributed by atoms with Crippen molar-refractivity contribution in [2.75, 3.05) is 19.8 Å². The minimum Gasteiger partial charge on any atom is -0.493 e. The van der Waals surface area contributed by atoms with Crippen LogP contribution in [0.15, 0.2) is 77.1 Å². The number of rotatable bonds is 10. The topological polar surface area (TPSA) is 97.7 Å². The monoisotopic (exact) mass is 494 g/mol. The number of nitrogens with zero attached hydrogens (tertiary/aromatic N) is 1. The number of ether oxygens (including phenoxy) is 3. The smallest absolute Gasteiger partial charge is 0.336 e. The molecule has 7 nitrogen and oxygen atoms in total. The standard InChI is InChI=1S/C27H27ClN2O5/c1-18-23(26(31)34-14-7-13-29)25(20-9-6-10-21(28)17-20)24(19(2)30-18)27(32)35-16-8-15-33-22-11-4-3-5-12-22/h3-6,9-12,17,25,30H,7-8,14-16H2,1-2H3. The number of nitriles is 1. The molecule has 182 valence electrons. The molecule has 1 N–H and O–H groups in total. The Balaban J connectivity index is 1.78. The molecule has 1 aliphatic heterocycles. The Morgan fingerprint density at radius 3 is 2.23 bits per heavy atom. The summed E-state index contributed by atoms with van der Waals surface area (Å²) in [4.78, 5) is 26.2. The molecule has 0 bridgehead atoms. The summed E-state index contributed by atoms with van der Waals surface area (Å²) in [6.07, 6.45) is 0.572. The van der Waals surface area contributed by atoms with Crippen LogP contribution in [0.4, 0.5) is 0 Å². The van der Waals surface area contributed by atoms with E-state index in [1.807, 2.05) is 36.4 Å². The summed E-state index contributed by atoms with van der Waals surface area (Å²) < 4.78 is 16.5. The van der Waals surface area contributed by atoms with E-state index in [-0.39, 0.29) is 25.2 Å². The summed E-state index contributed by atoms with van der Waals surface area (Å²) >= 11 is 6.23. The lowest BCUT2D eigenvalue weighted by atomic mass is 9.80. The lowest BCUT2D eigenvalue weighted by Crippen LogP contribution is -2.32. The van der Waals surface area contributed by atoms with Crippen LogP contribution in [0.5, 0.6) is 5.75 Å². The van der Waals surface area contributed by atoms with Crippen LogP contribution in [0.25, 0.3) is 0 Å². The maximum atomic E-state index is 13.2. The van der Waals surface area contributed by atoms with Crippen LogP contribution >= 0.6 is 11.6 Å². The highest BCUT2D eigenvalue weighted by molar-refractivity contribution is 6.30. The minimum absolute atomic E-state index is 0.0434. The highest BCUT2D eigenvalue weighted by atomic mass is 35.5. The summed E-state index contributed by atoms with van der Waals surface area (Å²) in [5.41, 5.74) is 2.36. The Labute approximate surface area is 209 Å². The summed E-state index contributed by atoms with van der Waals surface area (Å²) in [5, 5.41) is 12.4. The lowest BCUT2D eigenvalue weighted by molar-refractivity contribution is -0.140. The van der Waals surface area contributed by atoms with Crippen LogP contribution in [0.2, 0.25) is 5.02 Å². The Bertz CT molecular complexity index is 1170. The van der Waals surface area contributed by atoms with Gasteiger partial charge in [-0.05, 0) is 43.7 Å². The summed E-state index contributed by atoms with van der Waals surface area (Å²) in [6, 6.07) is 18.3. The van der Waals surface area contributed by atoms with Crippen LogP contribution in [-0.2, 0) is 19.1 Å². The van der Waals surface area contributed by atoms with E-state index in [1.54, 1.807) is 38.1 Å². The number of carbonyl (C=O) groups is 2. The molecular formula is C27H27ClN2O5. The van der Waals surface area contributed by atoms with Gasteiger partial charge in [0.05, 0.1) is 42.8 Å². The summed E-state index contributed by atoms with van der Waals surface area (Å²) in [7, 11) is 0. The van der Waals surface area contributed by atoms with E-state index in [0.717, 1.165) is 5.75 Å². The van der Waals surface area contributed by atoms with Crippen molar-refractivity contribution in [3.05, 3.63) is 87.7 Å². The number of hydrogen-bond acceptors (Lipinski definition) is 7.